The Bertz CT molecular complexity index is 1120. The van der Waals surface area contributed by atoms with Crippen LogP contribution in [0.3, 0.4) is 0 Å². The fraction of sp³-hybridized carbons (Fsp3) is 0.368. The molecule has 0 saturated carbocycles. The molecule has 0 fully saturated rings. The van der Waals surface area contributed by atoms with Gasteiger partial charge in [-0.3, -0.25) is 9.89 Å². The van der Waals surface area contributed by atoms with Crippen LogP contribution in [-0.2, 0) is 17.6 Å². The molecular formula is C19H20N4O5. The molecule has 1 atom stereocenters. The van der Waals surface area contributed by atoms with Crippen molar-refractivity contribution in [2.24, 2.45) is 0 Å². The Hall–Kier alpha value is -3.36. The molecule has 0 saturated heterocycles. The summed E-state index contributed by atoms with van der Waals surface area (Å²) in [5.41, 5.74) is 2.11. The summed E-state index contributed by atoms with van der Waals surface area (Å²) in [6.45, 7) is 3.76. The van der Waals surface area contributed by atoms with Crippen molar-refractivity contribution in [1.82, 2.24) is 19.6 Å². The lowest BCUT2D eigenvalue weighted by Crippen LogP contribution is -2.23. The number of methoxy groups -OCH3 is 1. The third-order valence-corrected chi connectivity index (χ3v) is 4.73. The molecule has 0 radical (unpaired) electrons. The summed E-state index contributed by atoms with van der Waals surface area (Å²) < 4.78 is 17.7. The van der Waals surface area contributed by atoms with E-state index in [1.807, 2.05) is 6.92 Å². The van der Waals surface area contributed by atoms with Crippen molar-refractivity contribution in [3.8, 4) is 11.5 Å². The predicted molar refractivity (Wildman–Crippen MR) is 99.1 cm³/mol. The molecule has 3 aromatic rings. The van der Waals surface area contributed by atoms with Crippen LogP contribution >= 0.6 is 0 Å². The third kappa shape index (κ3) is 3.08. The van der Waals surface area contributed by atoms with E-state index in [0.29, 0.717) is 40.5 Å². The second-order valence-electron chi connectivity index (χ2n) is 6.69. The van der Waals surface area contributed by atoms with E-state index in [9.17, 15) is 9.59 Å². The zero-order valence-electron chi connectivity index (χ0n) is 15.8. The summed E-state index contributed by atoms with van der Waals surface area (Å²) in [4.78, 5) is 33.2. The van der Waals surface area contributed by atoms with Gasteiger partial charge in [0.05, 0.1) is 25.0 Å². The van der Waals surface area contributed by atoms with Crippen LogP contribution < -0.4 is 15.0 Å². The van der Waals surface area contributed by atoms with Gasteiger partial charge in [0.25, 0.3) is 11.3 Å². The van der Waals surface area contributed by atoms with E-state index in [4.69, 9.17) is 14.2 Å². The molecule has 2 aromatic heterocycles. The van der Waals surface area contributed by atoms with E-state index in [-0.39, 0.29) is 24.7 Å². The van der Waals surface area contributed by atoms with Crippen LogP contribution in [0.1, 0.15) is 34.1 Å². The Morgan fingerprint density at radius 3 is 3.04 bits per heavy atom. The molecule has 3 heterocycles. The van der Waals surface area contributed by atoms with Gasteiger partial charge in [0, 0.05) is 24.0 Å². The second-order valence-corrected chi connectivity index (χ2v) is 6.69. The maximum Gasteiger partial charge on any atom is 0.338 e. The molecule has 1 unspecified atom stereocenters. The van der Waals surface area contributed by atoms with Crippen LogP contribution in [0.25, 0.3) is 5.78 Å². The number of fused-ring (bicyclic) bond motifs is 2. The second kappa shape index (κ2) is 6.99. The normalized spacial score (nSPS) is 15.3. The number of aryl methyl sites for hydroxylation is 1. The molecule has 1 aromatic carbocycles. The van der Waals surface area contributed by atoms with Gasteiger partial charge < -0.3 is 14.2 Å². The number of aromatic nitrogens is 4. The van der Waals surface area contributed by atoms with Crippen LogP contribution in [0.4, 0.5) is 0 Å². The van der Waals surface area contributed by atoms with Crippen molar-refractivity contribution >= 4 is 11.7 Å². The first-order valence-corrected chi connectivity index (χ1v) is 8.94. The molecule has 146 valence electrons. The zero-order chi connectivity index (χ0) is 19.8. The van der Waals surface area contributed by atoms with E-state index in [1.165, 1.54) is 18.0 Å². The third-order valence-electron chi connectivity index (χ3n) is 4.73. The highest BCUT2D eigenvalue weighted by molar-refractivity contribution is 5.90. The van der Waals surface area contributed by atoms with Gasteiger partial charge in [0.1, 0.15) is 12.4 Å². The number of aromatic amines is 1. The van der Waals surface area contributed by atoms with Crippen molar-refractivity contribution in [2.75, 3.05) is 13.7 Å². The summed E-state index contributed by atoms with van der Waals surface area (Å²) in [7, 11) is 1.53. The van der Waals surface area contributed by atoms with Gasteiger partial charge in [0.2, 0.25) is 0 Å². The maximum absolute atomic E-state index is 12.5. The quantitative estimate of drug-likeness (QED) is 0.664. The van der Waals surface area contributed by atoms with Gasteiger partial charge in [-0.05, 0) is 26.0 Å². The number of hydrogen-bond acceptors (Lipinski definition) is 7. The molecule has 4 rings (SSSR count). The molecule has 9 nitrogen and oxygen atoms in total. The molecule has 0 aliphatic carbocycles. The molecule has 9 heteroatoms. The number of H-pyrrole nitrogens is 1. The van der Waals surface area contributed by atoms with E-state index in [0.717, 1.165) is 5.56 Å². The molecule has 0 spiro atoms. The largest absolute Gasteiger partial charge is 0.493 e. The van der Waals surface area contributed by atoms with Crippen molar-refractivity contribution in [3.05, 3.63) is 51.2 Å². The molecule has 0 bridgehead atoms. The number of carbonyl (C=O) groups is 1. The van der Waals surface area contributed by atoms with Crippen LogP contribution in [-0.4, -0.2) is 45.4 Å². The predicted octanol–water partition coefficient (Wildman–Crippen LogP) is 1.46. The van der Waals surface area contributed by atoms with Gasteiger partial charge in [0.15, 0.2) is 11.5 Å². The number of carbonyl (C=O) groups excluding carboxylic acids is 1. The lowest BCUT2D eigenvalue weighted by atomic mass is 10.1. The van der Waals surface area contributed by atoms with Crippen molar-refractivity contribution < 1.29 is 19.0 Å². The summed E-state index contributed by atoms with van der Waals surface area (Å²) in [5.74, 6) is 1.02. The minimum Gasteiger partial charge on any atom is -0.493 e. The molecule has 0 amide bonds. The summed E-state index contributed by atoms with van der Waals surface area (Å²) >= 11 is 0. The molecule has 1 N–H and O–H groups in total. The maximum atomic E-state index is 12.5. The van der Waals surface area contributed by atoms with Crippen molar-refractivity contribution in [1.29, 1.82) is 0 Å². The highest BCUT2D eigenvalue weighted by atomic mass is 16.5. The van der Waals surface area contributed by atoms with Crippen LogP contribution in [0.2, 0.25) is 0 Å². The molecule has 28 heavy (non-hydrogen) atoms. The van der Waals surface area contributed by atoms with Gasteiger partial charge in [-0.2, -0.15) is 4.52 Å². The Morgan fingerprint density at radius 1 is 1.43 bits per heavy atom. The summed E-state index contributed by atoms with van der Waals surface area (Å²) in [6, 6.07) is 3.37. The first-order valence-electron chi connectivity index (χ1n) is 8.94. The average Bonchev–Trinajstić information content (AvgIpc) is 3.28. The van der Waals surface area contributed by atoms with Gasteiger partial charge in [-0.25, -0.2) is 14.8 Å². The fourth-order valence-corrected chi connectivity index (χ4v) is 3.38. The SMILES string of the molecule is COc1cc(C(=O)OCCc2c(C)nc3nc[nH]n3c2=O)cc2c1OC(C)C2. The minimum absolute atomic E-state index is 0.0380. The minimum atomic E-state index is -0.478. The standard InChI is InChI=1S/C19H20N4O5/c1-10-6-12-7-13(8-15(26-3)16(12)28-10)18(25)27-5-4-14-11(2)22-19-20-9-21-23(19)17(14)24/h7-10H,4-6H2,1-3H3,(H,20,21,22). The fourth-order valence-electron chi connectivity index (χ4n) is 3.38. The number of ether oxygens (including phenoxy) is 3. The van der Waals surface area contributed by atoms with Gasteiger partial charge in [-0.1, -0.05) is 0 Å². The van der Waals surface area contributed by atoms with E-state index < -0.39 is 5.97 Å². The molecule has 1 aliphatic rings. The highest BCUT2D eigenvalue weighted by Crippen LogP contribution is 2.39. The average molecular weight is 384 g/mol. The zero-order valence-corrected chi connectivity index (χ0v) is 15.8. The number of esters is 1. The van der Waals surface area contributed by atoms with Crippen LogP contribution in [0.15, 0.2) is 23.3 Å². The van der Waals surface area contributed by atoms with Crippen molar-refractivity contribution in [3.63, 3.8) is 0 Å². The number of nitrogens with one attached hydrogen (secondary N) is 1. The van der Waals surface area contributed by atoms with Gasteiger partial charge >= 0.3 is 5.97 Å². The number of rotatable bonds is 5. The van der Waals surface area contributed by atoms with Crippen LogP contribution in [0.5, 0.6) is 11.5 Å². The summed E-state index contributed by atoms with van der Waals surface area (Å²) in [5, 5.41) is 2.72. The highest BCUT2D eigenvalue weighted by Gasteiger charge is 2.25. The Labute approximate surface area is 160 Å². The smallest absolute Gasteiger partial charge is 0.338 e. The monoisotopic (exact) mass is 384 g/mol. The summed E-state index contributed by atoms with van der Waals surface area (Å²) in [6.07, 6.45) is 2.40. The van der Waals surface area contributed by atoms with Gasteiger partial charge in [-0.15, -0.1) is 0 Å². The lowest BCUT2D eigenvalue weighted by molar-refractivity contribution is 0.0508. The topological polar surface area (TPSA) is 108 Å². The number of hydrogen-bond donors (Lipinski definition) is 1. The Balaban J connectivity index is 1.49. The Kier molecular flexibility index (Phi) is 4.50. The lowest BCUT2D eigenvalue weighted by Gasteiger charge is -2.11. The molecular weight excluding hydrogens is 364 g/mol. The van der Waals surface area contributed by atoms with E-state index in [1.54, 1.807) is 19.1 Å². The Morgan fingerprint density at radius 2 is 2.25 bits per heavy atom. The number of nitrogens with zero attached hydrogens (tertiary/aromatic N) is 3. The van der Waals surface area contributed by atoms with E-state index >= 15 is 0 Å². The first kappa shape index (κ1) is 18.0. The van der Waals surface area contributed by atoms with Crippen molar-refractivity contribution in [2.45, 2.75) is 32.8 Å². The number of benzene rings is 1. The van der Waals surface area contributed by atoms with Crippen LogP contribution in [0, 0.1) is 6.92 Å². The first-order chi connectivity index (χ1) is 13.5. The molecule has 1 aliphatic heterocycles. The van der Waals surface area contributed by atoms with E-state index in [2.05, 4.69) is 15.1 Å².